The van der Waals surface area contributed by atoms with E-state index in [1.54, 1.807) is 0 Å². The maximum Gasteiger partial charge on any atom is 0.382 e. The Kier molecular flexibility index (Phi) is 4.05. The molecule has 0 aliphatic heterocycles. The molecule has 0 saturated carbocycles. The monoisotopic (exact) mass is 141 g/mol. The lowest BCUT2D eigenvalue weighted by atomic mass is 10.5. The van der Waals surface area contributed by atoms with Crippen LogP contribution in [-0.4, -0.2) is 24.0 Å². The van der Waals surface area contributed by atoms with E-state index in [9.17, 15) is 4.79 Å². The molecule has 4 heteroatoms. The van der Waals surface area contributed by atoms with Gasteiger partial charge in [-0.05, 0) is 19.3 Å². The number of urea groups is 1. The first-order chi connectivity index (χ1) is 4.76. The van der Waals surface area contributed by atoms with Gasteiger partial charge in [-0.25, -0.2) is 4.79 Å². The van der Waals surface area contributed by atoms with E-state index in [0.29, 0.717) is 13.1 Å². The summed E-state index contributed by atoms with van der Waals surface area (Å²) in [6, 6.07) is -0.319. The number of hydrogen-bond donors (Lipinski definition) is 1. The number of hydrogen-bond acceptors (Lipinski definition) is 1. The third-order valence-corrected chi connectivity index (χ3v) is 1.20. The van der Waals surface area contributed by atoms with Crippen molar-refractivity contribution < 1.29 is 4.79 Å². The van der Waals surface area contributed by atoms with Crippen LogP contribution in [0.3, 0.4) is 0 Å². The van der Waals surface area contributed by atoms with Gasteiger partial charge in [0.05, 0.1) is 0 Å². The molecule has 0 radical (unpaired) electrons. The summed E-state index contributed by atoms with van der Waals surface area (Å²) < 4.78 is 0. The fraction of sp³-hybridized carbons (Fsp3) is 0.667. The molecule has 0 aliphatic carbocycles. The molecule has 56 valence electrons. The van der Waals surface area contributed by atoms with Gasteiger partial charge in [0.15, 0.2) is 0 Å². The molecule has 10 heavy (non-hydrogen) atoms. The van der Waals surface area contributed by atoms with Gasteiger partial charge in [0.2, 0.25) is 0 Å². The third kappa shape index (κ3) is 2.35. The average molecular weight is 141 g/mol. The highest BCUT2D eigenvalue weighted by Gasteiger charge is 2.09. The van der Waals surface area contributed by atoms with Crippen LogP contribution in [0, 0.1) is 6.57 Å². The SMILES string of the molecule is [C-]#[N+]NC(=O)N(CC)CC. The minimum atomic E-state index is -0.319. The Morgan fingerprint density at radius 2 is 2.10 bits per heavy atom. The van der Waals surface area contributed by atoms with E-state index in [-0.39, 0.29) is 6.03 Å². The molecule has 0 atom stereocenters. The second-order valence-corrected chi connectivity index (χ2v) is 1.70. The van der Waals surface area contributed by atoms with Crippen LogP contribution in [0.15, 0.2) is 0 Å². The second-order valence-electron chi connectivity index (χ2n) is 1.70. The lowest BCUT2D eigenvalue weighted by Crippen LogP contribution is -2.36. The normalized spacial score (nSPS) is 8.10. The number of carbonyl (C=O) groups is 1. The summed E-state index contributed by atoms with van der Waals surface area (Å²) in [5.41, 5.74) is 2.03. The third-order valence-electron chi connectivity index (χ3n) is 1.20. The van der Waals surface area contributed by atoms with Crippen molar-refractivity contribution in [2.75, 3.05) is 13.1 Å². The van der Waals surface area contributed by atoms with Crippen LogP contribution >= 0.6 is 0 Å². The Bertz CT molecular complexity index is 146. The highest BCUT2D eigenvalue weighted by Crippen LogP contribution is 1.86. The van der Waals surface area contributed by atoms with Gasteiger partial charge in [0, 0.05) is 13.1 Å². The van der Waals surface area contributed by atoms with Gasteiger partial charge in [0.1, 0.15) is 0 Å². The highest BCUT2D eigenvalue weighted by molar-refractivity contribution is 5.74. The molecule has 0 aromatic heterocycles. The van der Waals surface area contributed by atoms with Crippen LogP contribution in [0.2, 0.25) is 0 Å². The number of nitrogens with one attached hydrogen (secondary N) is 1. The molecule has 0 aromatic carbocycles. The zero-order chi connectivity index (χ0) is 7.98. The summed E-state index contributed by atoms with van der Waals surface area (Å²) in [6.07, 6.45) is 0. The molecule has 4 nitrogen and oxygen atoms in total. The van der Waals surface area contributed by atoms with Crippen molar-refractivity contribution in [3.63, 3.8) is 0 Å². The topological polar surface area (TPSA) is 36.7 Å². The molecular weight excluding hydrogens is 130 g/mol. The number of rotatable bonds is 2. The van der Waals surface area contributed by atoms with Crippen molar-refractivity contribution in [2.24, 2.45) is 0 Å². The molecule has 0 saturated heterocycles. The summed E-state index contributed by atoms with van der Waals surface area (Å²) >= 11 is 0. The van der Waals surface area contributed by atoms with Crippen molar-refractivity contribution in [3.05, 3.63) is 11.5 Å². The van der Waals surface area contributed by atoms with E-state index in [2.05, 4.69) is 4.95 Å². The van der Waals surface area contributed by atoms with Crippen LogP contribution in [0.1, 0.15) is 13.8 Å². The summed E-state index contributed by atoms with van der Waals surface area (Å²) in [4.78, 5) is 15.1. The smallest absolute Gasteiger partial charge is 0.320 e. The van der Waals surface area contributed by atoms with Crippen LogP contribution in [0.25, 0.3) is 4.95 Å². The van der Waals surface area contributed by atoms with E-state index in [1.165, 1.54) is 4.90 Å². The number of nitrogens with zero attached hydrogens (tertiary/aromatic N) is 2. The van der Waals surface area contributed by atoms with Crippen molar-refractivity contribution in [1.29, 1.82) is 0 Å². The molecular formula is C6H11N3O. The fourth-order valence-electron chi connectivity index (χ4n) is 0.629. The maximum absolute atomic E-state index is 10.8. The van der Waals surface area contributed by atoms with Crippen LogP contribution in [0.5, 0.6) is 0 Å². The molecule has 0 spiro atoms. The summed E-state index contributed by atoms with van der Waals surface area (Å²) in [6.45, 7) is 11.4. The van der Waals surface area contributed by atoms with Gasteiger partial charge >= 0.3 is 6.03 Å². The Hall–Kier alpha value is -1.24. The first-order valence-corrected chi connectivity index (χ1v) is 3.17. The van der Waals surface area contributed by atoms with Gasteiger partial charge in [-0.2, -0.15) is 11.5 Å². The molecule has 0 heterocycles. The van der Waals surface area contributed by atoms with E-state index >= 15 is 0 Å². The van der Waals surface area contributed by atoms with E-state index in [0.717, 1.165) is 0 Å². The predicted molar refractivity (Wildman–Crippen MR) is 38.1 cm³/mol. The van der Waals surface area contributed by atoms with E-state index in [4.69, 9.17) is 6.57 Å². The Balaban J connectivity index is 3.79. The average Bonchev–Trinajstić information content (AvgIpc) is 1.91. The van der Waals surface area contributed by atoms with Crippen molar-refractivity contribution in [2.45, 2.75) is 13.8 Å². The molecule has 0 rings (SSSR count). The van der Waals surface area contributed by atoms with Gasteiger partial charge in [-0.1, -0.05) is 0 Å². The largest absolute Gasteiger partial charge is 0.382 e. The summed E-state index contributed by atoms with van der Waals surface area (Å²) in [5, 5.41) is 0. The number of amides is 2. The van der Waals surface area contributed by atoms with Gasteiger partial charge < -0.3 is 4.90 Å². The van der Waals surface area contributed by atoms with Gasteiger partial charge in [0.25, 0.3) is 0 Å². The predicted octanol–water partition coefficient (Wildman–Crippen LogP) is 0.872. The second kappa shape index (κ2) is 4.62. The molecule has 1 N–H and O–H groups in total. The highest BCUT2D eigenvalue weighted by atomic mass is 16.2. The lowest BCUT2D eigenvalue weighted by Gasteiger charge is -2.13. The lowest BCUT2D eigenvalue weighted by molar-refractivity contribution is 0.207. The van der Waals surface area contributed by atoms with Crippen molar-refractivity contribution in [1.82, 2.24) is 10.3 Å². The fourth-order valence-corrected chi connectivity index (χ4v) is 0.629. The Labute approximate surface area is 60.6 Å². The van der Waals surface area contributed by atoms with Gasteiger partial charge in [-0.3, -0.25) is 0 Å². The van der Waals surface area contributed by atoms with E-state index in [1.807, 2.05) is 19.3 Å². The minimum Gasteiger partial charge on any atom is -0.320 e. The molecule has 0 aliphatic rings. The van der Waals surface area contributed by atoms with Crippen LogP contribution < -0.4 is 5.43 Å². The number of carbonyl (C=O) groups excluding carboxylic acids is 1. The Morgan fingerprint density at radius 1 is 1.60 bits per heavy atom. The zero-order valence-electron chi connectivity index (χ0n) is 6.22. The maximum atomic E-state index is 10.8. The first-order valence-electron chi connectivity index (χ1n) is 3.17. The van der Waals surface area contributed by atoms with E-state index < -0.39 is 0 Å². The molecule has 0 aromatic rings. The molecule has 0 bridgehead atoms. The Morgan fingerprint density at radius 3 is 2.40 bits per heavy atom. The molecule has 0 fully saturated rings. The quantitative estimate of drug-likeness (QED) is 0.449. The standard InChI is InChI=1S/C6H11N3O/c1-4-9(5-2)6(10)8-7-3/h4-5H2,1-2H3,(H,8,10). The molecule has 2 amide bonds. The summed E-state index contributed by atoms with van der Waals surface area (Å²) in [5.74, 6) is 0. The molecule has 0 unspecified atom stereocenters. The van der Waals surface area contributed by atoms with Crippen molar-refractivity contribution >= 4 is 6.03 Å². The van der Waals surface area contributed by atoms with Crippen LogP contribution in [-0.2, 0) is 0 Å². The van der Waals surface area contributed by atoms with Gasteiger partial charge in [-0.15, -0.1) is 0 Å². The summed E-state index contributed by atoms with van der Waals surface area (Å²) in [7, 11) is 0. The zero-order valence-corrected chi connectivity index (χ0v) is 6.22. The van der Waals surface area contributed by atoms with Crippen molar-refractivity contribution in [3.8, 4) is 0 Å². The minimum absolute atomic E-state index is 0.319. The van der Waals surface area contributed by atoms with Crippen LogP contribution in [0.4, 0.5) is 4.79 Å². The first kappa shape index (κ1) is 8.76.